The normalized spacial score (nSPS) is 13.3. The number of aromatic amines is 1. The molecule has 1 amide bonds. The largest absolute Gasteiger partial charge is 0.357 e. The summed E-state index contributed by atoms with van der Waals surface area (Å²) < 4.78 is 4.13. The Labute approximate surface area is 233 Å². The van der Waals surface area contributed by atoms with Gasteiger partial charge in [-0.25, -0.2) is 14.8 Å². The first kappa shape index (κ1) is 25.8. The first-order valence-corrected chi connectivity index (χ1v) is 13.4. The van der Waals surface area contributed by atoms with Crippen LogP contribution in [0.4, 0.5) is 11.8 Å². The summed E-state index contributed by atoms with van der Waals surface area (Å²) in [6.45, 7) is 0.0460. The maximum absolute atomic E-state index is 13.5. The van der Waals surface area contributed by atoms with Gasteiger partial charge in [0.1, 0.15) is 11.6 Å². The molecule has 0 spiro atoms. The zero-order valence-electron chi connectivity index (χ0n) is 22.3. The molecule has 0 radical (unpaired) electrons. The van der Waals surface area contributed by atoms with E-state index in [-0.39, 0.29) is 23.6 Å². The van der Waals surface area contributed by atoms with Crippen LogP contribution >= 0.6 is 11.6 Å². The predicted molar refractivity (Wildman–Crippen MR) is 152 cm³/mol. The van der Waals surface area contributed by atoms with Crippen molar-refractivity contribution >= 4 is 51.3 Å². The van der Waals surface area contributed by atoms with E-state index in [4.69, 9.17) is 11.6 Å². The Balaban J connectivity index is 1.28. The van der Waals surface area contributed by atoms with Crippen molar-refractivity contribution in [1.82, 2.24) is 38.5 Å². The summed E-state index contributed by atoms with van der Waals surface area (Å²) in [5.74, 6) is 1.40. The van der Waals surface area contributed by atoms with E-state index >= 15 is 0 Å². The van der Waals surface area contributed by atoms with Gasteiger partial charge in [-0.2, -0.15) is 4.98 Å². The van der Waals surface area contributed by atoms with Crippen molar-refractivity contribution < 1.29 is 4.79 Å². The van der Waals surface area contributed by atoms with Crippen LogP contribution in [-0.2, 0) is 31.9 Å². The van der Waals surface area contributed by atoms with Gasteiger partial charge in [-0.3, -0.25) is 18.7 Å². The molecule has 206 valence electrons. The van der Waals surface area contributed by atoms with Crippen LogP contribution in [-0.4, -0.2) is 57.5 Å². The van der Waals surface area contributed by atoms with Crippen LogP contribution in [0, 0.1) is 0 Å². The smallest absolute Gasteiger partial charge is 0.332 e. The predicted octanol–water partition coefficient (Wildman–Crippen LogP) is 2.70. The second kappa shape index (κ2) is 9.94. The topological polar surface area (TPSA) is 136 Å². The van der Waals surface area contributed by atoms with Gasteiger partial charge in [0.05, 0.1) is 6.54 Å². The van der Waals surface area contributed by atoms with Gasteiger partial charge in [0.25, 0.3) is 5.56 Å². The van der Waals surface area contributed by atoms with Crippen LogP contribution in [0.5, 0.6) is 0 Å². The van der Waals surface area contributed by atoms with Crippen LogP contribution in [0.2, 0.25) is 5.02 Å². The Hall–Kier alpha value is -4.45. The minimum absolute atomic E-state index is 0.0460. The summed E-state index contributed by atoms with van der Waals surface area (Å²) in [4.78, 5) is 57.5. The number of nitrogens with zero attached hydrogens (tertiary/aromatic N) is 7. The molecule has 0 atom stereocenters. The lowest BCUT2D eigenvalue weighted by Gasteiger charge is -2.15. The van der Waals surface area contributed by atoms with Gasteiger partial charge in [-0.05, 0) is 37.1 Å². The average Bonchev–Trinajstić information content (AvgIpc) is 3.63. The molecular weight excluding hydrogens is 534 g/mol. The third-order valence-electron chi connectivity index (χ3n) is 7.35. The van der Waals surface area contributed by atoms with E-state index in [0.717, 1.165) is 23.7 Å². The molecule has 1 aliphatic rings. The highest BCUT2D eigenvalue weighted by atomic mass is 35.5. The molecule has 6 rings (SSSR count). The Kier molecular flexibility index (Phi) is 6.41. The number of benzene rings is 1. The number of anilines is 2. The highest BCUT2D eigenvalue weighted by Gasteiger charge is 2.29. The lowest BCUT2D eigenvalue weighted by Crippen LogP contribution is -2.39. The third-order valence-corrected chi connectivity index (χ3v) is 7.68. The molecule has 1 aromatic carbocycles. The van der Waals surface area contributed by atoms with Crippen molar-refractivity contribution in [2.75, 3.05) is 12.4 Å². The highest BCUT2D eigenvalue weighted by Crippen LogP contribution is 2.26. The average molecular weight is 562 g/mol. The fourth-order valence-corrected chi connectivity index (χ4v) is 5.12. The summed E-state index contributed by atoms with van der Waals surface area (Å²) in [5, 5.41) is 4.54. The van der Waals surface area contributed by atoms with Gasteiger partial charge in [0.2, 0.25) is 11.9 Å². The van der Waals surface area contributed by atoms with Gasteiger partial charge >= 0.3 is 5.69 Å². The van der Waals surface area contributed by atoms with Gasteiger partial charge in [0.15, 0.2) is 11.2 Å². The number of amides is 1. The summed E-state index contributed by atoms with van der Waals surface area (Å²) >= 11 is 6.30. The van der Waals surface area contributed by atoms with Crippen LogP contribution in [0.1, 0.15) is 30.8 Å². The molecule has 0 unspecified atom stereocenters. The molecule has 4 heterocycles. The molecule has 1 saturated carbocycles. The van der Waals surface area contributed by atoms with Crippen LogP contribution < -0.4 is 16.6 Å². The number of fused-ring (bicyclic) bond motifs is 2. The van der Waals surface area contributed by atoms with E-state index in [0.29, 0.717) is 47.2 Å². The molecule has 2 N–H and O–H groups in total. The molecule has 13 heteroatoms. The van der Waals surface area contributed by atoms with E-state index in [2.05, 4.69) is 25.3 Å². The monoisotopic (exact) mass is 561 g/mol. The Bertz CT molecular complexity index is 1900. The third kappa shape index (κ3) is 4.64. The Morgan fingerprint density at radius 1 is 1.18 bits per heavy atom. The number of imidazole rings is 1. The van der Waals surface area contributed by atoms with Gasteiger partial charge in [-0.1, -0.05) is 17.7 Å². The van der Waals surface area contributed by atoms with Gasteiger partial charge < -0.3 is 19.8 Å². The van der Waals surface area contributed by atoms with E-state index in [1.54, 1.807) is 41.9 Å². The molecule has 12 nitrogen and oxygen atoms in total. The molecule has 40 heavy (non-hydrogen) atoms. The van der Waals surface area contributed by atoms with E-state index in [1.165, 1.54) is 9.13 Å². The van der Waals surface area contributed by atoms with Crippen molar-refractivity contribution in [3.05, 3.63) is 73.9 Å². The SMILES string of the molecule is CN(C(=O)CCc1nccc(Nc2nc3c(c(=O)n(Cc4cc5c(Cl)cccc5[nH]4)c(=O)n3C)n2C)n1)C1CC1. The first-order valence-electron chi connectivity index (χ1n) is 13.0. The van der Waals surface area contributed by atoms with Crippen molar-refractivity contribution in [3.8, 4) is 0 Å². The lowest BCUT2D eigenvalue weighted by molar-refractivity contribution is -0.130. The van der Waals surface area contributed by atoms with Crippen molar-refractivity contribution in [2.45, 2.75) is 38.3 Å². The quantitative estimate of drug-likeness (QED) is 0.297. The van der Waals surface area contributed by atoms with Gasteiger partial charge in [-0.15, -0.1) is 0 Å². The van der Waals surface area contributed by atoms with E-state index < -0.39 is 11.2 Å². The minimum atomic E-state index is -0.489. The maximum Gasteiger partial charge on any atom is 0.332 e. The number of carbonyl (C=O) groups excluding carboxylic acids is 1. The summed E-state index contributed by atoms with van der Waals surface area (Å²) in [5.41, 5.74) is 1.06. The minimum Gasteiger partial charge on any atom is -0.357 e. The number of rotatable bonds is 8. The van der Waals surface area contributed by atoms with Crippen molar-refractivity contribution in [3.63, 3.8) is 0 Å². The zero-order chi connectivity index (χ0) is 28.1. The summed E-state index contributed by atoms with van der Waals surface area (Å²) in [6.07, 6.45) is 4.46. The second-order valence-electron chi connectivity index (χ2n) is 10.1. The highest BCUT2D eigenvalue weighted by molar-refractivity contribution is 6.35. The second-order valence-corrected chi connectivity index (χ2v) is 10.5. The number of aromatic nitrogens is 7. The maximum atomic E-state index is 13.5. The number of hydrogen-bond acceptors (Lipinski definition) is 7. The molecule has 4 aromatic heterocycles. The summed E-state index contributed by atoms with van der Waals surface area (Å²) in [7, 11) is 5.12. The Morgan fingerprint density at radius 2 is 1.98 bits per heavy atom. The fraction of sp³-hybridized carbons (Fsp3) is 0.333. The molecule has 1 fully saturated rings. The van der Waals surface area contributed by atoms with Crippen LogP contribution in [0.25, 0.3) is 22.1 Å². The van der Waals surface area contributed by atoms with E-state index in [1.807, 2.05) is 25.2 Å². The molecular formula is C27H28ClN9O3. The standard InChI is InChI=1S/C27H28ClN9O3/c1-34(16-7-8-16)22(38)10-9-20-29-12-11-21(31-20)32-26-33-24-23(35(26)2)25(39)37(27(40)36(24)3)14-15-13-17-18(28)5-4-6-19(17)30-15/h4-6,11-13,16,30H,7-10,14H2,1-3H3,(H,29,31,32,33). The fourth-order valence-electron chi connectivity index (χ4n) is 4.89. The molecule has 1 aliphatic carbocycles. The van der Waals surface area contributed by atoms with Crippen LogP contribution in [0.15, 0.2) is 46.1 Å². The number of H-pyrrole nitrogens is 1. The molecule has 0 aliphatic heterocycles. The lowest BCUT2D eigenvalue weighted by atomic mass is 10.2. The number of carbonyl (C=O) groups is 1. The number of hydrogen-bond donors (Lipinski definition) is 2. The number of nitrogens with one attached hydrogen (secondary N) is 2. The number of halogens is 1. The summed E-state index contributed by atoms with van der Waals surface area (Å²) in [6, 6.07) is 9.39. The molecule has 0 bridgehead atoms. The first-order chi connectivity index (χ1) is 19.2. The number of aryl methyl sites for hydroxylation is 3. The van der Waals surface area contributed by atoms with Crippen LogP contribution in [0.3, 0.4) is 0 Å². The van der Waals surface area contributed by atoms with E-state index in [9.17, 15) is 14.4 Å². The molecule has 0 saturated heterocycles. The zero-order valence-corrected chi connectivity index (χ0v) is 23.1. The van der Waals surface area contributed by atoms with Crippen molar-refractivity contribution in [1.29, 1.82) is 0 Å². The Morgan fingerprint density at radius 3 is 2.73 bits per heavy atom. The van der Waals surface area contributed by atoms with Crippen molar-refractivity contribution in [2.24, 2.45) is 14.1 Å². The molecule has 5 aromatic rings. The van der Waals surface area contributed by atoms with Gasteiger partial charge in [0, 0.05) is 67.8 Å².